The van der Waals surface area contributed by atoms with Crippen molar-refractivity contribution >= 4 is 0 Å². The van der Waals surface area contributed by atoms with Crippen LogP contribution in [0.5, 0.6) is 0 Å². The minimum atomic E-state index is 0. The van der Waals surface area contributed by atoms with Crippen LogP contribution >= 0.6 is 0 Å². The van der Waals surface area contributed by atoms with Crippen molar-refractivity contribution in [3.05, 3.63) is 0 Å². The van der Waals surface area contributed by atoms with E-state index in [0.29, 0.717) is 12.5 Å². The Morgan fingerprint density at radius 1 is 1.43 bits per heavy atom. The Morgan fingerprint density at radius 2 is 1.86 bits per heavy atom. The van der Waals surface area contributed by atoms with Crippen LogP contribution < -0.4 is 0 Å². The standard InChI is InChI=1S/C5H12O.Sm/c1-5(2)3-4-6;/h5-6H,3-4H2,1-2H3;. The Balaban J connectivity index is 0. The molecule has 0 atom stereocenters. The first kappa shape index (κ1) is 11.1. The smallest absolute Gasteiger partial charge is 0.0433 e. The zero-order chi connectivity index (χ0) is 4.99. The number of hydrogen-bond donors (Lipinski definition) is 1. The van der Waals surface area contributed by atoms with E-state index in [4.69, 9.17) is 5.11 Å². The van der Waals surface area contributed by atoms with E-state index < -0.39 is 0 Å². The Bertz CT molecular complexity index is 29.3. The molecule has 0 radical (unpaired) electrons. The molecule has 0 aromatic rings. The molecular weight excluding hydrogens is 226 g/mol. The Kier molecular flexibility index (Phi) is 11.6. The van der Waals surface area contributed by atoms with E-state index in [1.807, 2.05) is 0 Å². The summed E-state index contributed by atoms with van der Waals surface area (Å²) in [6, 6.07) is 0. The molecule has 0 saturated carbocycles. The zero-order valence-electron chi connectivity index (χ0n) is 4.85. The topological polar surface area (TPSA) is 20.2 Å². The molecule has 0 amide bonds. The maximum Gasteiger partial charge on any atom is 0.0433 e. The first-order valence-corrected chi connectivity index (χ1v) is 2.38. The van der Waals surface area contributed by atoms with Gasteiger partial charge in [-0.1, -0.05) is 13.8 Å². The van der Waals surface area contributed by atoms with E-state index >= 15 is 0 Å². The van der Waals surface area contributed by atoms with Crippen LogP contribution in [0.25, 0.3) is 0 Å². The van der Waals surface area contributed by atoms with Crippen LogP contribution in [0.2, 0.25) is 0 Å². The summed E-state index contributed by atoms with van der Waals surface area (Å²) < 4.78 is 0. The molecule has 1 N–H and O–H groups in total. The predicted octanol–water partition coefficient (Wildman–Crippen LogP) is 1.02. The number of aliphatic hydroxyl groups is 1. The van der Waals surface area contributed by atoms with Gasteiger partial charge >= 0.3 is 0 Å². The van der Waals surface area contributed by atoms with Crippen LogP contribution in [0, 0.1) is 46.3 Å². The van der Waals surface area contributed by atoms with Gasteiger partial charge in [0, 0.05) is 47.0 Å². The molecule has 0 heterocycles. The third-order valence-corrected chi connectivity index (χ3v) is 0.706. The van der Waals surface area contributed by atoms with Gasteiger partial charge in [0.1, 0.15) is 0 Å². The minimum Gasteiger partial charge on any atom is -0.396 e. The average Bonchev–Trinajstić information content (AvgIpc) is 1.35. The summed E-state index contributed by atoms with van der Waals surface area (Å²) in [5.74, 6) is 0.648. The van der Waals surface area contributed by atoms with Gasteiger partial charge in [-0.2, -0.15) is 0 Å². The molecule has 0 aliphatic rings. The van der Waals surface area contributed by atoms with Crippen molar-refractivity contribution in [3.8, 4) is 0 Å². The molecule has 0 bridgehead atoms. The predicted molar refractivity (Wildman–Crippen MR) is 26.5 cm³/mol. The number of rotatable bonds is 2. The van der Waals surface area contributed by atoms with Crippen molar-refractivity contribution in [1.29, 1.82) is 0 Å². The first-order chi connectivity index (χ1) is 2.77. The Labute approximate surface area is 77.6 Å². The number of hydrogen-bond acceptors (Lipinski definition) is 1. The monoisotopic (exact) mass is 240 g/mol. The molecule has 0 spiro atoms. The maximum atomic E-state index is 8.24. The van der Waals surface area contributed by atoms with Crippen LogP contribution in [-0.4, -0.2) is 11.7 Å². The van der Waals surface area contributed by atoms with Crippen molar-refractivity contribution < 1.29 is 45.5 Å². The van der Waals surface area contributed by atoms with Crippen molar-refractivity contribution in [2.45, 2.75) is 20.3 Å². The summed E-state index contributed by atoms with van der Waals surface area (Å²) in [6.07, 6.45) is 0.931. The summed E-state index contributed by atoms with van der Waals surface area (Å²) in [6.45, 7) is 4.52. The molecule has 44 valence electrons. The molecule has 0 aromatic carbocycles. The van der Waals surface area contributed by atoms with Crippen LogP contribution in [0.15, 0.2) is 0 Å². The van der Waals surface area contributed by atoms with Gasteiger partial charge in [0.25, 0.3) is 0 Å². The van der Waals surface area contributed by atoms with Gasteiger partial charge in [0.2, 0.25) is 0 Å². The van der Waals surface area contributed by atoms with Gasteiger partial charge in [0.15, 0.2) is 0 Å². The van der Waals surface area contributed by atoms with Crippen LogP contribution in [0.3, 0.4) is 0 Å². The van der Waals surface area contributed by atoms with E-state index in [2.05, 4.69) is 13.8 Å². The van der Waals surface area contributed by atoms with E-state index in [0.717, 1.165) is 6.42 Å². The Hall–Kier alpha value is 1.30. The van der Waals surface area contributed by atoms with E-state index in [-0.39, 0.29) is 40.4 Å². The van der Waals surface area contributed by atoms with E-state index in [9.17, 15) is 0 Å². The fraction of sp³-hybridized carbons (Fsp3) is 1.00. The number of aliphatic hydroxyl groups excluding tert-OH is 1. The van der Waals surface area contributed by atoms with E-state index in [1.54, 1.807) is 0 Å². The second-order valence-electron chi connectivity index (χ2n) is 1.91. The van der Waals surface area contributed by atoms with Crippen molar-refractivity contribution in [1.82, 2.24) is 0 Å². The van der Waals surface area contributed by atoms with Crippen molar-refractivity contribution in [2.24, 2.45) is 5.92 Å². The first-order valence-electron chi connectivity index (χ1n) is 2.38. The zero-order valence-corrected chi connectivity index (χ0v) is 7.47. The molecule has 0 saturated heterocycles. The summed E-state index contributed by atoms with van der Waals surface area (Å²) in [4.78, 5) is 0. The van der Waals surface area contributed by atoms with Crippen LogP contribution in [-0.2, 0) is 0 Å². The minimum absolute atomic E-state index is 0. The fourth-order valence-corrected chi connectivity index (χ4v) is 0.258. The van der Waals surface area contributed by atoms with Gasteiger partial charge in [-0.15, -0.1) is 0 Å². The molecule has 0 aliphatic heterocycles. The van der Waals surface area contributed by atoms with Gasteiger partial charge in [-0.25, -0.2) is 0 Å². The fourth-order valence-electron chi connectivity index (χ4n) is 0.258. The largest absolute Gasteiger partial charge is 0.396 e. The summed E-state index contributed by atoms with van der Waals surface area (Å²) >= 11 is 0. The quantitative estimate of drug-likeness (QED) is 0.762. The van der Waals surface area contributed by atoms with Crippen molar-refractivity contribution in [3.63, 3.8) is 0 Å². The second kappa shape index (κ2) is 7.30. The molecule has 0 unspecified atom stereocenters. The summed E-state index contributed by atoms with van der Waals surface area (Å²) in [5.41, 5.74) is 0. The second-order valence-corrected chi connectivity index (χ2v) is 1.91. The SMILES string of the molecule is CC(C)CCO.[Sm]. The van der Waals surface area contributed by atoms with Gasteiger partial charge in [-0.3, -0.25) is 0 Å². The van der Waals surface area contributed by atoms with Gasteiger partial charge < -0.3 is 5.11 Å². The molecule has 7 heavy (non-hydrogen) atoms. The molecular formula is C5H12OSm. The Morgan fingerprint density at radius 3 is 1.86 bits per heavy atom. The van der Waals surface area contributed by atoms with E-state index in [1.165, 1.54) is 0 Å². The van der Waals surface area contributed by atoms with Crippen molar-refractivity contribution in [2.75, 3.05) is 6.61 Å². The third-order valence-electron chi connectivity index (χ3n) is 0.706. The maximum absolute atomic E-state index is 8.24. The molecule has 0 rings (SSSR count). The molecule has 1 nitrogen and oxygen atoms in total. The molecule has 0 aromatic heterocycles. The molecule has 0 fully saturated rings. The van der Waals surface area contributed by atoms with Gasteiger partial charge in [0.05, 0.1) is 0 Å². The van der Waals surface area contributed by atoms with Crippen LogP contribution in [0.1, 0.15) is 20.3 Å². The molecule has 0 aliphatic carbocycles. The van der Waals surface area contributed by atoms with Gasteiger partial charge in [-0.05, 0) is 12.3 Å². The normalized spacial score (nSPS) is 8.57. The summed E-state index contributed by atoms with van der Waals surface area (Å²) in [7, 11) is 0. The molecule has 2 heteroatoms. The average molecular weight is 239 g/mol. The third kappa shape index (κ3) is 11.1. The summed E-state index contributed by atoms with van der Waals surface area (Å²) in [5, 5.41) is 8.24. The van der Waals surface area contributed by atoms with Crippen LogP contribution in [0.4, 0.5) is 0 Å².